The van der Waals surface area contributed by atoms with Crippen molar-refractivity contribution in [3.8, 4) is 5.75 Å². The van der Waals surface area contributed by atoms with E-state index in [0.717, 1.165) is 35.0 Å². The van der Waals surface area contributed by atoms with Gasteiger partial charge < -0.3 is 35.1 Å². The predicted molar refractivity (Wildman–Crippen MR) is 161 cm³/mol. The maximum absolute atomic E-state index is 14.0. The van der Waals surface area contributed by atoms with Crippen LogP contribution >= 0.6 is 0 Å². The fourth-order valence-electron chi connectivity index (χ4n) is 5.19. The van der Waals surface area contributed by atoms with Crippen LogP contribution in [0.4, 0.5) is 10.5 Å². The lowest BCUT2D eigenvalue weighted by Gasteiger charge is -2.35. The second-order valence-electron chi connectivity index (χ2n) is 10.8. The van der Waals surface area contributed by atoms with Crippen LogP contribution in [0.2, 0.25) is 0 Å². The van der Waals surface area contributed by atoms with Crippen LogP contribution in [0.1, 0.15) is 37.8 Å². The predicted octanol–water partition coefficient (Wildman–Crippen LogP) is 3.66. The van der Waals surface area contributed by atoms with Gasteiger partial charge in [-0.1, -0.05) is 31.2 Å². The Kier molecular flexibility index (Phi) is 9.88. The number of fused-ring (bicyclic) bond motifs is 1. The van der Waals surface area contributed by atoms with Crippen molar-refractivity contribution >= 4 is 34.4 Å². The highest BCUT2D eigenvalue weighted by atomic mass is 16.5. The minimum Gasteiger partial charge on any atom is -0.492 e. The van der Waals surface area contributed by atoms with Crippen molar-refractivity contribution in [3.05, 3.63) is 59.8 Å². The van der Waals surface area contributed by atoms with E-state index in [1.807, 2.05) is 76.6 Å². The van der Waals surface area contributed by atoms with Crippen LogP contribution in [0.25, 0.3) is 10.9 Å². The second kappa shape index (κ2) is 13.5. The van der Waals surface area contributed by atoms with Crippen LogP contribution in [-0.4, -0.2) is 97.0 Å². The van der Waals surface area contributed by atoms with E-state index in [2.05, 4.69) is 20.5 Å². The molecule has 1 aromatic heterocycles. The molecule has 0 radical (unpaired) electrons. The number of benzene rings is 2. The number of H-pyrrole nitrogens is 1. The SMILES string of the molecule is CCOc1ccc(CCN(C)C)cc1NC(=O)[C@H](NC(=O)N1CCN(C(C)=O)CC1)[C@@H](C)c1c[nH]c2ccccc12. The summed E-state index contributed by atoms with van der Waals surface area (Å²) in [6.07, 6.45) is 2.72. The summed E-state index contributed by atoms with van der Waals surface area (Å²) >= 11 is 0. The number of anilines is 1. The normalized spacial score (nSPS) is 15.1. The Hall–Kier alpha value is -4.05. The van der Waals surface area contributed by atoms with Crippen LogP contribution < -0.4 is 15.4 Å². The molecule has 1 aliphatic heterocycles. The molecule has 0 saturated carbocycles. The van der Waals surface area contributed by atoms with E-state index >= 15 is 0 Å². The van der Waals surface area contributed by atoms with Crippen molar-refractivity contribution in [3.63, 3.8) is 0 Å². The lowest BCUT2D eigenvalue weighted by atomic mass is 9.92. The zero-order valence-corrected chi connectivity index (χ0v) is 24.7. The number of amides is 4. The van der Waals surface area contributed by atoms with E-state index < -0.39 is 6.04 Å². The van der Waals surface area contributed by atoms with E-state index in [1.165, 1.54) is 6.92 Å². The van der Waals surface area contributed by atoms with Gasteiger partial charge in [0.15, 0.2) is 0 Å². The molecule has 1 aliphatic rings. The molecule has 10 heteroatoms. The summed E-state index contributed by atoms with van der Waals surface area (Å²) in [6, 6.07) is 12.6. The second-order valence-corrected chi connectivity index (χ2v) is 10.8. The molecule has 0 unspecified atom stereocenters. The highest BCUT2D eigenvalue weighted by Crippen LogP contribution is 2.31. The van der Waals surface area contributed by atoms with Crippen LogP contribution in [0.3, 0.4) is 0 Å². The van der Waals surface area contributed by atoms with Gasteiger partial charge in [-0.3, -0.25) is 9.59 Å². The number of para-hydroxylation sites is 1. The number of nitrogens with one attached hydrogen (secondary N) is 3. The third-order valence-electron chi connectivity index (χ3n) is 7.63. The number of hydrogen-bond donors (Lipinski definition) is 3. The zero-order chi connectivity index (χ0) is 29.5. The molecule has 3 aromatic rings. The molecule has 0 bridgehead atoms. The molecule has 0 aliphatic carbocycles. The molecule has 1 saturated heterocycles. The quantitative estimate of drug-likeness (QED) is 0.350. The van der Waals surface area contributed by atoms with E-state index in [4.69, 9.17) is 4.74 Å². The largest absolute Gasteiger partial charge is 0.492 e. The van der Waals surface area contributed by atoms with Gasteiger partial charge >= 0.3 is 6.03 Å². The molecule has 2 aromatic carbocycles. The summed E-state index contributed by atoms with van der Waals surface area (Å²) in [6.45, 7) is 8.46. The summed E-state index contributed by atoms with van der Waals surface area (Å²) in [4.78, 5) is 48.0. The Bertz CT molecular complexity index is 1360. The van der Waals surface area contributed by atoms with Gasteiger partial charge in [0, 0.05) is 62.7 Å². The maximum atomic E-state index is 14.0. The topological polar surface area (TPSA) is 110 Å². The number of piperazine rings is 1. The van der Waals surface area contributed by atoms with Crippen molar-refractivity contribution in [2.75, 3.05) is 58.7 Å². The number of carbonyl (C=O) groups is 3. The fourth-order valence-corrected chi connectivity index (χ4v) is 5.19. The lowest BCUT2D eigenvalue weighted by molar-refractivity contribution is -0.130. The van der Waals surface area contributed by atoms with Gasteiger partial charge in [0.25, 0.3) is 0 Å². The first-order chi connectivity index (χ1) is 19.7. The van der Waals surface area contributed by atoms with E-state index in [-0.39, 0.29) is 23.8 Å². The van der Waals surface area contributed by atoms with Crippen molar-refractivity contribution in [2.45, 2.75) is 39.2 Å². The molecular formula is C31H42N6O4. The minimum absolute atomic E-state index is 0.00631. The Morgan fingerprint density at radius 1 is 1.05 bits per heavy atom. The summed E-state index contributed by atoms with van der Waals surface area (Å²) in [7, 11) is 4.05. The Morgan fingerprint density at radius 2 is 1.76 bits per heavy atom. The summed E-state index contributed by atoms with van der Waals surface area (Å²) < 4.78 is 5.84. The monoisotopic (exact) mass is 562 g/mol. The molecule has 0 spiro atoms. The summed E-state index contributed by atoms with van der Waals surface area (Å²) in [5.41, 5.74) is 3.55. The van der Waals surface area contributed by atoms with Gasteiger partial charge in [-0.2, -0.15) is 0 Å². The minimum atomic E-state index is -0.868. The van der Waals surface area contributed by atoms with Gasteiger partial charge in [-0.25, -0.2) is 4.79 Å². The Balaban J connectivity index is 1.60. The molecule has 41 heavy (non-hydrogen) atoms. The van der Waals surface area contributed by atoms with Gasteiger partial charge in [0.1, 0.15) is 11.8 Å². The first-order valence-electron chi connectivity index (χ1n) is 14.3. The highest BCUT2D eigenvalue weighted by Gasteiger charge is 2.32. The molecule has 4 rings (SSSR count). The number of carbonyl (C=O) groups excluding carboxylic acids is 3. The van der Waals surface area contributed by atoms with Crippen LogP contribution in [0.15, 0.2) is 48.7 Å². The number of aromatic nitrogens is 1. The third kappa shape index (κ3) is 7.38. The molecule has 2 heterocycles. The van der Waals surface area contributed by atoms with Crippen molar-refractivity contribution in [1.29, 1.82) is 0 Å². The third-order valence-corrected chi connectivity index (χ3v) is 7.63. The average molecular weight is 563 g/mol. The number of nitrogens with zero attached hydrogens (tertiary/aromatic N) is 3. The summed E-state index contributed by atoms with van der Waals surface area (Å²) in [5.74, 6) is -0.0990. The van der Waals surface area contributed by atoms with Gasteiger partial charge in [0.05, 0.1) is 12.3 Å². The van der Waals surface area contributed by atoms with Crippen molar-refractivity contribution < 1.29 is 19.1 Å². The lowest BCUT2D eigenvalue weighted by Crippen LogP contribution is -2.56. The van der Waals surface area contributed by atoms with E-state index in [9.17, 15) is 14.4 Å². The summed E-state index contributed by atoms with van der Waals surface area (Å²) in [5, 5.41) is 7.09. The Labute approximate surface area is 242 Å². The Morgan fingerprint density at radius 3 is 2.44 bits per heavy atom. The standard InChI is InChI=1S/C31H42N6O4/c1-6-41-28-12-11-23(13-14-35(4)5)19-27(28)33-30(39)29(21(2)25-20-32-26-10-8-7-9-24(25)26)34-31(40)37-17-15-36(16-18-37)22(3)38/h7-12,19-21,29,32H,6,13-18H2,1-5H3,(H,33,39)(H,34,40)/t21-,29+/m0/s1. The van der Waals surface area contributed by atoms with Crippen LogP contribution in [0, 0.1) is 0 Å². The number of hydrogen-bond acceptors (Lipinski definition) is 5. The molecular weight excluding hydrogens is 520 g/mol. The molecule has 1 fully saturated rings. The smallest absolute Gasteiger partial charge is 0.318 e. The van der Waals surface area contributed by atoms with Gasteiger partial charge in [-0.05, 0) is 56.8 Å². The van der Waals surface area contributed by atoms with Crippen molar-refractivity contribution in [1.82, 2.24) is 25.0 Å². The van der Waals surface area contributed by atoms with Gasteiger partial charge in [0.2, 0.25) is 11.8 Å². The number of aromatic amines is 1. The average Bonchev–Trinajstić information content (AvgIpc) is 3.40. The van der Waals surface area contributed by atoms with Crippen LogP contribution in [0.5, 0.6) is 5.75 Å². The number of ether oxygens (including phenoxy) is 1. The molecule has 4 amide bonds. The molecule has 2 atom stereocenters. The highest BCUT2D eigenvalue weighted by molar-refractivity contribution is 5.99. The van der Waals surface area contributed by atoms with Crippen LogP contribution in [-0.2, 0) is 16.0 Å². The van der Waals surface area contributed by atoms with E-state index in [1.54, 1.807) is 9.80 Å². The first kappa shape index (κ1) is 29.9. The molecule has 10 nitrogen and oxygen atoms in total. The number of urea groups is 1. The zero-order valence-electron chi connectivity index (χ0n) is 24.7. The fraction of sp³-hybridized carbons (Fsp3) is 0.452. The maximum Gasteiger partial charge on any atom is 0.318 e. The molecule has 3 N–H and O–H groups in total. The number of likely N-dealkylation sites (N-methyl/N-ethyl adjacent to an activating group) is 1. The molecule has 220 valence electrons. The van der Waals surface area contributed by atoms with Gasteiger partial charge in [-0.15, -0.1) is 0 Å². The number of rotatable bonds is 10. The van der Waals surface area contributed by atoms with E-state index in [0.29, 0.717) is 44.2 Å². The first-order valence-corrected chi connectivity index (χ1v) is 14.3. The van der Waals surface area contributed by atoms with Crippen molar-refractivity contribution in [2.24, 2.45) is 0 Å².